The van der Waals surface area contributed by atoms with Crippen LogP contribution in [0, 0.1) is 12.3 Å². The van der Waals surface area contributed by atoms with Crippen LogP contribution in [0.1, 0.15) is 52.4 Å². The summed E-state index contributed by atoms with van der Waals surface area (Å²) in [6, 6.07) is 24.5. The van der Waals surface area contributed by atoms with Gasteiger partial charge in [-0.25, -0.2) is 4.79 Å². The first-order valence-corrected chi connectivity index (χ1v) is 13.9. The molecule has 9 heteroatoms. The summed E-state index contributed by atoms with van der Waals surface area (Å²) in [6.07, 6.45) is 0.866. The molecular weight excluding hydrogens is 518 g/mol. The summed E-state index contributed by atoms with van der Waals surface area (Å²) in [7, 11) is 0. The second kappa shape index (κ2) is 11.8. The van der Waals surface area contributed by atoms with Crippen LogP contribution < -0.4 is 10.6 Å². The van der Waals surface area contributed by atoms with Crippen molar-refractivity contribution in [1.29, 1.82) is 5.41 Å². The van der Waals surface area contributed by atoms with E-state index in [1.54, 1.807) is 11.8 Å². The Morgan fingerprint density at radius 2 is 1.61 bits per heavy atom. The number of aryl methyl sites for hydroxylation is 1. The van der Waals surface area contributed by atoms with Crippen molar-refractivity contribution in [2.45, 2.75) is 44.8 Å². The Balaban J connectivity index is 1.34. The molecule has 212 valence electrons. The molecule has 0 aliphatic carbocycles. The number of rotatable bonds is 7. The van der Waals surface area contributed by atoms with Gasteiger partial charge in [-0.05, 0) is 61.1 Å². The minimum Gasteiger partial charge on any atom is -0.450 e. The Hall–Kier alpha value is -4.66. The van der Waals surface area contributed by atoms with E-state index in [1.807, 2.05) is 85.8 Å². The number of hydrogen-bond acceptors (Lipinski definition) is 5. The molecule has 0 aromatic heterocycles. The van der Waals surface area contributed by atoms with Crippen molar-refractivity contribution in [1.82, 2.24) is 20.4 Å². The fraction of sp³-hybridized carbons (Fsp3) is 0.312. The molecular formula is C32H35N5O4. The number of hydrogen-bond donors (Lipinski definition) is 3. The monoisotopic (exact) mass is 553 g/mol. The fourth-order valence-electron chi connectivity index (χ4n) is 5.70. The molecule has 2 fully saturated rings. The molecule has 0 radical (unpaired) electrons. The van der Waals surface area contributed by atoms with E-state index < -0.39 is 11.6 Å². The lowest BCUT2D eigenvalue weighted by Gasteiger charge is -2.32. The van der Waals surface area contributed by atoms with Crippen LogP contribution in [0.2, 0.25) is 0 Å². The normalized spacial score (nSPS) is 16.8. The molecule has 5 rings (SSSR count). The second-order valence-electron chi connectivity index (χ2n) is 10.5. The molecule has 0 unspecified atom stereocenters. The lowest BCUT2D eigenvalue weighted by atomic mass is 9.82. The number of carbonyl (C=O) groups is 3. The van der Waals surface area contributed by atoms with E-state index in [9.17, 15) is 14.4 Å². The van der Waals surface area contributed by atoms with Crippen molar-refractivity contribution < 1.29 is 19.1 Å². The van der Waals surface area contributed by atoms with Crippen molar-refractivity contribution in [3.63, 3.8) is 0 Å². The molecule has 0 atom stereocenters. The molecule has 2 saturated heterocycles. The Kier molecular flexibility index (Phi) is 8.05. The molecule has 0 spiro atoms. The van der Waals surface area contributed by atoms with E-state index in [4.69, 9.17) is 10.1 Å². The van der Waals surface area contributed by atoms with Crippen molar-refractivity contribution in [3.05, 3.63) is 107 Å². The smallest absolute Gasteiger partial charge is 0.407 e. The van der Waals surface area contributed by atoms with Crippen LogP contribution in [-0.2, 0) is 21.6 Å². The van der Waals surface area contributed by atoms with Gasteiger partial charge in [-0.1, -0.05) is 66.7 Å². The molecule has 2 heterocycles. The number of piperidine rings is 1. The minimum atomic E-state index is -1.22. The number of nitrogens with one attached hydrogen (secondary N) is 3. The molecule has 3 aromatic rings. The topological polar surface area (TPSA) is 115 Å². The molecule has 9 nitrogen and oxygen atoms in total. The first-order chi connectivity index (χ1) is 19.8. The average Bonchev–Trinajstić information content (AvgIpc) is 3.23. The number of carbonyl (C=O) groups excluding carboxylic acids is 3. The molecule has 41 heavy (non-hydrogen) atoms. The quantitative estimate of drug-likeness (QED) is 0.407. The van der Waals surface area contributed by atoms with Crippen molar-refractivity contribution in [2.75, 3.05) is 19.7 Å². The summed E-state index contributed by atoms with van der Waals surface area (Å²) in [5.41, 5.74) is 2.50. The summed E-state index contributed by atoms with van der Waals surface area (Å²) in [4.78, 5) is 42.6. The highest BCUT2D eigenvalue weighted by Crippen LogP contribution is 2.36. The lowest BCUT2D eigenvalue weighted by Crippen LogP contribution is -2.46. The SMILES string of the molecule is CCOC(=O)NC1CCN(C(=O)c2cc(C)cc(CN3C(=N)NC(c4ccccc4)(c4ccccc4)C3=O)c2)CC1. The highest BCUT2D eigenvalue weighted by atomic mass is 16.5. The number of likely N-dealkylation sites (tertiary alicyclic amines) is 1. The number of amides is 3. The highest BCUT2D eigenvalue weighted by molar-refractivity contribution is 6.10. The third-order valence-electron chi connectivity index (χ3n) is 7.66. The van der Waals surface area contributed by atoms with Gasteiger partial charge >= 0.3 is 6.09 Å². The van der Waals surface area contributed by atoms with Crippen LogP contribution >= 0.6 is 0 Å². The van der Waals surface area contributed by atoms with Gasteiger partial charge in [0, 0.05) is 24.7 Å². The van der Waals surface area contributed by atoms with Gasteiger partial charge in [0.2, 0.25) is 0 Å². The van der Waals surface area contributed by atoms with Crippen LogP contribution in [0.15, 0.2) is 78.9 Å². The Morgan fingerprint density at radius 1 is 1.00 bits per heavy atom. The van der Waals surface area contributed by atoms with Gasteiger partial charge in [0.15, 0.2) is 11.5 Å². The van der Waals surface area contributed by atoms with Gasteiger partial charge in [0.25, 0.3) is 11.8 Å². The average molecular weight is 554 g/mol. The minimum absolute atomic E-state index is 0.00765. The van der Waals surface area contributed by atoms with Crippen LogP contribution in [0.5, 0.6) is 0 Å². The molecule has 3 N–H and O–H groups in total. The molecule has 0 saturated carbocycles. The van der Waals surface area contributed by atoms with Gasteiger partial charge in [0.1, 0.15) is 0 Å². The second-order valence-corrected chi connectivity index (χ2v) is 10.5. The van der Waals surface area contributed by atoms with E-state index in [1.165, 1.54) is 4.90 Å². The van der Waals surface area contributed by atoms with Gasteiger partial charge in [-0.3, -0.25) is 19.9 Å². The first-order valence-electron chi connectivity index (χ1n) is 13.9. The standard InChI is InChI=1S/C32H35N5O4/c1-3-41-31(40)34-27-14-16-36(17-15-27)28(38)24-19-22(2)18-23(20-24)21-37-29(39)32(35-30(37)33,25-10-6-4-7-11-25)26-12-8-5-9-13-26/h4-13,18-20,27H,3,14-17,21H2,1-2H3,(H2,33,35)(H,34,40). The van der Waals surface area contributed by atoms with Crippen LogP contribution in [-0.4, -0.2) is 59.4 Å². The number of guanidine groups is 1. The van der Waals surface area contributed by atoms with Gasteiger partial charge in [-0.15, -0.1) is 0 Å². The molecule has 2 aliphatic rings. The zero-order valence-corrected chi connectivity index (χ0v) is 23.4. The number of ether oxygens (including phenoxy) is 1. The van der Waals surface area contributed by atoms with E-state index in [0.717, 1.165) is 22.3 Å². The van der Waals surface area contributed by atoms with E-state index in [2.05, 4.69) is 10.6 Å². The lowest BCUT2D eigenvalue weighted by molar-refractivity contribution is -0.130. The summed E-state index contributed by atoms with van der Waals surface area (Å²) < 4.78 is 4.97. The summed E-state index contributed by atoms with van der Waals surface area (Å²) >= 11 is 0. The Labute approximate surface area is 240 Å². The maximum atomic E-state index is 14.2. The Morgan fingerprint density at radius 3 is 2.20 bits per heavy atom. The van der Waals surface area contributed by atoms with Crippen LogP contribution in [0.4, 0.5) is 4.79 Å². The van der Waals surface area contributed by atoms with Crippen LogP contribution in [0.3, 0.4) is 0 Å². The maximum Gasteiger partial charge on any atom is 0.407 e. The third kappa shape index (κ3) is 5.66. The van der Waals surface area contributed by atoms with E-state index in [0.29, 0.717) is 38.1 Å². The molecule has 3 aromatic carbocycles. The van der Waals surface area contributed by atoms with Crippen molar-refractivity contribution in [2.24, 2.45) is 0 Å². The fourth-order valence-corrected chi connectivity index (χ4v) is 5.70. The summed E-state index contributed by atoms with van der Waals surface area (Å²) in [5, 5.41) is 14.8. The number of nitrogens with zero attached hydrogens (tertiary/aromatic N) is 2. The maximum absolute atomic E-state index is 14.2. The van der Waals surface area contributed by atoms with Gasteiger partial charge < -0.3 is 20.3 Å². The summed E-state index contributed by atoms with van der Waals surface area (Å²) in [6.45, 7) is 5.20. The molecule has 0 bridgehead atoms. The highest BCUT2D eigenvalue weighted by Gasteiger charge is 2.52. The number of benzene rings is 3. The van der Waals surface area contributed by atoms with Gasteiger partial charge in [-0.2, -0.15) is 0 Å². The van der Waals surface area contributed by atoms with Crippen LogP contribution in [0.25, 0.3) is 0 Å². The number of alkyl carbamates (subject to hydrolysis) is 1. The third-order valence-corrected chi connectivity index (χ3v) is 7.66. The molecule has 3 amide bonds. The zero-order valence-electron chi connectivity index (χ0n) is 23.4. The zero-order chi connectivity index (χ0) is 29.0. The van der Waals surface area contributed by atoms with Crippen molar-refractivity contribution >= 4 is 23.9 Å². The van der Waals surface area contributed by atoms with Gasteiger partial charge in [0.05, 0.1) is 13.2 Å². The first kappa shape index (κ1) is 27.9. The van der Waals surface area contributed by atoms with Crippen molar-refractivity contribution in [3.8, 4) is 0 Å². The van der Waals surface area contributed by atoms with E-state index in [-0.39, 0.29) is 30.4 Å². The Bertz CT molecular complexity index is 1400. The predicted octanol–water partition coefficient (Wildman–Crippen LogP) is 4.16. The predicted molar refractivity (Wildman–Crippen MR) is 155 cm³/mol. The summed E-state index contributed by atoms with van der Waals surface area (Å²) in [5.74, 6) is -0.327. The molecule has 2 aliphatic heterocycles. The van der Waals surface area contributed by atoms with E-state index >= 15 is 0 Å². The largest absolute Gasteiger partial charge is 0.450 e.